The van der Waals surface area contributed by atoms with E-state index in [1.54, 1.807) is 7.11 Å². The van der Waals surface area contributed by atoms with Crippen LogP contribution in [0.1, 0.15) is 31.2 Å². The predicted molar refractivity (Wildman–Crippen MR) is 85.2 cm³/mol. The quantitative estimate of drug-likeness (QED) is 0.875. The van der Waals surface area contributed by atoms with E-state index in [2.05, 4.69) is 16.7 Å². The van der Waals surface area contributed by atoms with Crippen molar-refractivity contribution in [3.8, 4) is 5.75 Å². The Morgan fingerprint density at radius 2 is 2.19 bits per heavy atom. The highest BCUT2D eigenvalue weighted by molar-refractivity contribution is 5.85. The maximum Gasteiger partial charge on any atom is 0.237 e. The molecule has 1 saturated carbocycles. The Morgan fingerprint density at radius 1 is 1.43 bits per heavy atom. The molecule has 0 bridgehead atoms. The van der Waals surface area contributed by atoms with Crippen molar-refractivity contribution >= 4 is 18.3 Å². The summed E-state index contributed by atoms with van der Waals surface area (Å²) in [4.78, 5) is 12.1. The van der Waals surface area contributed by atoms with Crippen molar-refractivity contribution in [3.05, 3.63) is 29.8 Å². The first-order valence-corrected chi connectivity index (χ1v) is 7.40. The number of carbonyl (C=O) groups excluding carboxylic acids is 1. The SMILES string of the molecule is COc1ccccc1C1(CNC(=O)C2CCCN2)CC1.Cl. The summed E-state index contributed by atoms with van der Waals surface area (Å²) >= 11 is 0. The highest BCUT2D eigenvalue weighted by Crippen LogP contribution is 2.50. The topological polar surface area (TPSA) is 50.4 Å². The van der Waals surface area contributed by atoms with Crippen molar-refractivity contribution < 1.29 is 9.53 Å². The lowest BCUT2D eigenvalue weighted by Gasteiger charge is -2.20. The molecule has 1 heterocycles. The molecule has 1 aliphatic carbocycles. The Bertz CT molecular complexity index is 497. The normalized spacial score (nSPS) is 22.2. The number of methoxy groups -OCH3 is 1. The number of hydrogen-bond acceptors (Lipinski definition) is 3. The molecule has 2 aliphatic rings. The Kier molecular flexibility index (Phi) is 5.12. The summed E-state index contributed by atoms with van der Waals surface area (Å²) in [6.45, 7) is 1.67. The zero-order chi connectivity index (χ0) is 14.0. The summed E-state index contributed by atoms with van der Waals surface area (Å²) in [5.74, 6) is 1.07. The Labute approximate surface area is 132 Å². The molecule has 1 aromatic rings. The van der Waals surface area contributed by atoms with Crippen LogP contribution in [0, 0.1) is 0 Å². The van der Waals surface area contributed by atoms with Gasteiger partial charge in [0.05, 0.1) is 13.2 Å². The Hall–Kier alpha value is -1.26. The lowest BCUT2D eigenvalue weighted by molar-refractivity contribution is -0.122. The molecule has 21 heavy (non-hydrogen) atoms. The fourth-order valence-electron chi connectivity index (χ4n) is 3.06. The Balaban J connectivity index is 0.00000161. The molecule has 1 amide bonds. The molecule has 4 nitrogen and oxygen atoms in total. The molecule has 2 N–H and O–H groups in total. The van der Waals surface area contributed by atoms with Gasteiger partial charge >= 0.3 is 0 Å². The molecule has 0 aromatic heterocycles. The van der Waals surface area contributed by atoms with E-state index >= 15 is 0 Å². The number of para-hydroxylation sites is 1. The highest BCUT2D eigenvalue weighted by Gasteiger charge is 2.46. The van der Waals surface area contributed by atoms with Gasteiger partial charge in [-0.2, -0.15) is 0 Å². The fourth-order valence-corrected chi connectivity index (χ4v) is 3.06. The molecule has 1 aromatic carbocycles. The number of rotatable bonds is 5. The molecule has 1 aliphatic heterocycles. The number of nitrogens with one attached hydrogen (secondary N) is 2. The summed E-state index contributed by atoms with van der Waals surface area (Å²) in [6.07, 6.45) is 4.28. The van der Waals surface area contributed by atoms with Gasteiger partial charge in [-0.05, 0) is 38.3 Å². The second kappa shape index (κ2) is 6.67. The summed E-state index contributed by atoms with van der Waals surface area (Å²) < 4.78 is 5.45. The minimum absolute atomic E-state index is 0. The predicted octanol–water partition coefficient (Wildman–Crippen LogP) is 2.02. The summed E-state index contributed by atoms with van der Waals surface area (Å²) in [6, 6.07) is 8.14. The van der Waals surface area contributed by atoms with Gasteiger partial charge in [-0.3, -0.25) is 4.79 Å². The van der Waals surface area contributed by atoms with Gasteiger partial charge in [-0.25, -0.2) is 0 Å². The average molecular weight is 311 g/mol. The van der Waals surface area contributed by atoms with Gasteiger partial charge in [0.1, 0.15) is 5.75 Å². The van der Waals surface area contributed by atoms with Crippen molar-refractivity contribution in [1.82, 2.24) is 10.6 Å². The molecule has 1 atom stereocenters. The number of benzene rings is 1. The standard InChI is InChI=1S/C16H22N2O2.ClH/c1-20-14-7-3-2-5-12(14)16(8-9-16)11-18-15(19)13-6-4-10-17-13;/h2-3,5,7,13,17H,4,6,8-11H2,1H3,(H,18,19);1H. The van der Waals surface area contributed by atoms with Crippen molar-refractivity contribution in [3.63, 3.8) is 0 Å². The maximum atomic E-state index is 12.1. The number of hydrogen-bond donors (Lipinski definition) is 2. The zero-order valence-electron chi connectivity index (χ0n) is 12.4. The summed E-state index contributed by atoms with van der Waals surface area (Å²) in [7, 11) is 1.70. The first kappa shape index (κ1) is 16.1. The van der Waals surface area contributed by atoms with Crippen LogP contribution in [0.5, 0.6) is 5.75 Å². The number of carbonyl (C=O) groups is 1. The third-order valence-electron chi connectivity index (χ3n) is 4.51. The minimum Gasteiger partial charge on any atom is -0.496 e. The highest BCUT2D eigenvalue weighted by atomic mass is 35.5. The van der Waals surface area contributed by atoms with Gasteiger partial charge in [0.25, 0.3) is 0 Å². The molecule has 0 spiro atoms. The van der Waals surface area contributed by atoms with E-state index in [0.29, 0.717) is 6.54 Å². The van der Waals surface area contributed by atoms with E-state index in [1.807, 2.05) is 18.2 Å². The van der Waals surface area contributed by atoms with Crippen LogP contribution in [-0.4, -0.2) is 32.1 Å². The second-order valence-corrected chi connectivity index (χ2v) is 5.85. The molecule has 5 heteroatoms. The molecule has 2 fully saturated rings. The number of halogens is 1. The molecule has 1 saturated heterocycles. The van der Waals surface area contributed by atoms with Crippen molar-refractivity contribution in [2.24, 2.45) is 0 Å². The summed E-state index contributed by atoms with van der Waals surface area (Å²) in [5, 5.41) is 6.36. The van der Waals surface area contributed by atoms with Gasteiger partial charge in [0, 0.05) is 17.5 Å². The molecule has 116 valence electrons. The van der Waals surface area contributed by atoms with Crippen LogP contribution in [0.3, 0.4) is 0 Å². The van der Waals surface area contributed by atoms with Crippen molar-refractivity contribution in [1.29, 1.82) is 0 Å². The van der Waals surface area contributed by atoms with Crippen LogP contribution in [0.4, 0.5) is 0 Å². The van der Waals surface area contributed by atoms with Crippen LogP contribution in [-0.2, 0) is 10.2 Å². The smallest absolute Gasteiger partial charge is 0.237 e. The summed E-state index contributed by atoms with van der Waals surface area (Å²) in [5.41, 5.74) is 1.31. The van der Waals surface area contributed by atoms with Gasteiger partial charge in [-0.1, -0.05) is 18.2 Å². The van der Waals surface area contributed by atoms with Crippen molar-refractivity contribution in [2.75, 3.05) is 20.2 Å². The molecule has 0 radical (unpaired) electrons. The molecule has 1 unspecified atom stereocenters. The van der Waals surface area contributed by atoms with Gasteiger partial charge < -0.3 is 15.4 Å². The van der Waals surface area contributed by atoms with E-state index in [1.165, 1.54) is 5.56 Å². The fraction of sp³-hybridized carbons (Fsp3) is 0.562. The van der Waals surface area contributed by atoms with Gasteiger partial charge in [-0.15, -0.1) is 12.4 Å². The molecule has 3 rings (SSSR count). The largest absolute Gasteiger partial charge is 0.496 e. The lowest BCUT2D eigenvalue weighted by Crippen LogP contribution is -2.43. The number of amides is 1. The second-order valence-electron chi connectivity index (χ2n) is 5.85. The third-order valence-corrected chi connectivity index (χ3v) is 4.51. The van der Waals surface area contributed by atoms with E-state index in [-0.39, 0.29) is 29.8 Å². The van der Waals surface area contributed by atoms with Crippen LogP contribution >= 0.6 is 12.4 Å². The minimum atomic E-state index is 0. The first-order chi connectivity index (χ1) is 9.75. The monoisotopic (exact) mass is 310 g/mol. The number of ether oxygens (including phenoxy) is 1. The third kappa shape index (κ3) is 3.33. The lowest BCUT2D eigenvalue weighted by atomic mass is 9.94. The Morgan fingerprint density at radius 3 is 2.81 bits per heavy atom. The maximum absolute atomic E-state index is 12.1. The van der Waals surface area contributed by atoms with E-state index < -0.39 is 0 Å². The van der Waals surface area contributed by atoms with Crippen LogP contribution in [0.15, 0.2) is 24.3 Å². The van der Waals surface area contributed by atoms with Crippen molar-refractivity contribution in [2.45, 2.75) is 37.1 Å². The molecular formula is C16H23ClN2O2. The first-order valence-electron chi connectivity index (χ1n) is 7.40. The van der Waals surface area contributed by atoms with E-state index in [9.17, 15) is 4.79 Å². The van der Waals surface area contributed by atoms with Crippen LogP contribution < -0.4 is 15.4 Å². The molecular weight excluding hydrogens is 288 g/mol. The average Bonchev–Trinajstić information content (AvgIpc) is 3.07. The van der Waals surface area contributed by atoms with Crippen LogP contribution in [0.2, 0.25) is 0 Å². The van der Waals surface area contributed by atoms with Crippen LogP contribution in [0.25, 0.3) is 0 Å². The zero-order valence-corrected chi connectivity index (χ0v) is 13.2. The van der Waals surface area contributed by atoms with E-state index in [0.717, 1.165) is 38.0 Å². The van der Waals surface area contributed by atoms with E-state index in [4.69, 9.17) is 4.74 Å². The van der Waals surface area contributed by atoms with Gasteiger partial charge in [0.2, 0.25) is 5.91 Å². The van der Waals surface area contributed by atoms with Gasteiger partial charge in [0.15, 0.2) is 0 Å².